The molecule has 5 heteroatoms. The van der Waals surface area contributed by atoms with Crippen LogP contribution in [0.3, 0.4) is 0 Å². The average molecular weight is 283 g/mol. The van der Waals surface area contributed by atoms with Gasteiger partial charge in [0.25, 0.3) is 0 Å². The number of nitrogens with zero attached hydrogens (tertiary/aromatic N) is 2. The predicted molar refractivity (Wildman–Crippen MR) is 80.2 cm³/mol. The Labute approximate surface area is 120 Å². The highest BCUT2D eigenvalue weighted by Crippen LogP contribution is 2.16. The maximum atomic E-state index is 6.04. The van der Waals surface area contributed by atoms with Crippen molar-refractivity contribution in [3.8, 4) is 0 Å². The van der Waals surface area contributed by atoms with Crippen LogP contribution in [-0.2, 0) is 6.42 Å². The lowest BCUT2D eigenvalue weighted by molar-refractivity contribution is 0.0877. The van der Waals surface area contributed by atoms with Gasteiger partial charge in [0.05, 0.1) is 0 Å². The highest BCUT2D eigenvalue weighted by molar-refractivity contribution is 6.30. The van der Waals surface area contributed by atoms with Crippen molar-refractivity contribution in [2.45, 2.75) is 18.5 Å². The second-order valence-electron chi connectivity index (χ2n) is 5.42. The molecule has 2 atom stereocenters. The summed E-state index contributed by atoms with van der Waals surface area (Å²) in [4.78, 5) is 4.74. The molecule has 0 radical (unpaired) electrons. The summed E-state index contributed by atoms with van der Waals surface area (Å²) in [6, 6.07) is 8.65. The number of hydrogen-bond donors (Lipinski definition) is 2. The summed E-state index contributed by atoms with van der Waals surface area (Å²) in [5.74, 6) is 5.77. The minimum Gasteiger partial charge on any atom is -0.303 e. The zero-order valence-electron chi connectivity index (χ0n) is 11.6. The van der Waals surface area contributed by atoms with Gasteiger partial charge in [-0.05, 0) is 38.2 Å². The van der Waals surface area contributed by atoms with Gasteiger partial charge >= 0.3 is 0 Å². The topological polar surface area (TPSA) is 44.5 Å². The molecule has 1 fully saturated rings. The summed E-state index contributed by atoms with van der Waals surface area (Å²) in [7, 11) is 4.33. The van der Waals surface area contributed by atoms with Gasteiger partial charge in [-0.3, -0.25) is 16.2 Å². The smallest absolute Gasteiger partial charge is 0.0418 e. The molecular weight excluding hydrogens is 260 g/mol. The summed E-state index contributed by atoms with van der Waals surface area (Å²) < 4.78 is 0. The number of likely N-dealkylation sites (N-methyl/N-ethyl adjacent to an activating group) is 2. The van der Waals surface area contributed by atoms with Crippen molar-refractivity contribution in [2.75, 3.05) is 33.7 Å². The maximum Gasteiger partial charge on any atom is 0.0418 e. The Bertz CT molecular complexity index is 412. The first kappa shape index (κ1) is 14.8. The molecule has 0 spiro atoms. The van der Waals surface area contributed by atoms with Crippen molar-refractivity contribution < 1.29 is 0 Å². The first-order valence-electron chi connectivity index (χ1n) is 6.69. The fourth-order valence-corrected chi connectivity index (χ4v) is 2.92. The van der Waals surface area contributed by atoms with Crippen LogP contribution < -0.4 is 11.3 Å². The standard InChI is InChI=1S/C14H23ClN4/c1-18-6-7-19(2)14(10-18)13(17-16)9-11-4-3-5-12(15)8-11/h3-5,8,13-14,17H,6-7,9-10,16H2,1-2H3. The lowest BCUT2D eigenvalue weighted by Gasteiger charge is -2.41. The molecule has 106 valence electrons. The summed E-state index contributed by atoms with van der Waals surface area (Å²) in [6.45, 7) is 3.22. The molecule has 19 heavy (non-hydrogen) atoms. The normalized spacial score (nSPS) is 23.5. The first-order valence-corrected chi connectivity index (χ1v) is 7.07. The average Bonchev–Trinajstić information content (AvgIpc) is 2.39. The van der Waals surface area contributed by atoms with E-state index >= 15 is 0 Å². The summed E-state index contributed by atoms with van der Waals surface area (Å²) in [5.41, 5.74) is 4.20. The van der Waals surface area contributed by atoms with Gasteiger partial charge in [0.1, 0.15) is 0 Å². The SMILES string of the molecule is CN1CCN(C)C(C(Cc2cccc(Cl)c2)NN)C1. The summed E-state index contributed by atoms with van der Waals surface area (Å²) in [5, 5.41) is 0.780. The van der Waals surface area contributed by atoms with Crippen LogP contribution in [0, 0.1) is 0 Å². The van der Waals surface area contributed by atoms with Crippen LogP contribution in [0.4, 0.5) is 0 Å². The second kappa shape index (κ2) is 6.68. The molecule has 0 amide bonds. The number of piperazine rings is 1. The van der Waals surface area contributed by atoms with Crippen LogP contribution in [0.2, 0.25) is 5.02 Å². The van der Waals surface area contributed by atoms with Gasteiger partial charge in [0.15, 0.2) is 0 Å². The Morgan fingerprint density at radius 2 is 2.21 bits per heavy atom. The van der Waals surface area contributed by atoms with Gasteiger partial charge in [0.2, 0.25) is 0 Å². The van der Waals surface area contributed by atoms with E-state index in [0.717, 1.165) is 31.1 Å². The Hall–Kier alpha value is -0.650. The molecule has 2 unspecified atom stereocenters. The zero-order valence-corrected chi connectivity index (χ0v) is 12.4. The van der Waals surface area contributed by atoms with Crippen molar-refractivity contribution >= 4 is 11.6 Å². The Morgan fingerprint density at radius 3 is 2.89 bits per heavy atom. The van der Waals surface area contributed by atoms with Gasteiger partial charge in [-0.25, -0.2) is 0 Å². The number of hydrogen-bond acceptors (Lipinski definition) is 4. The largest absolute Gasteiger partial charge is 0.303 e. The molecule has 1 aromatic carbocycles. The molecule has 1 aromatic rings. The quantitative estimate of drug-likeness (QED) is 0.638. The Kier molecular flexibility index (Phi) is 5.19. The third-order valence-corrected chi connectivity index (χ3v) is 4.16. The van der Waals surface area contributed by atoms with Gasteiger partial charge < -0.3 is 4.90 Å². The molecule has 0 aromatic heterocycles. The number of hydrazine groups is 1. The lowest BCUT2D eigenvalue weighted by Crippen LogP contribution is -2.60. The highest BCUT2D eigenvalue weighted by atomic mass is 35.5. The molecular formula is C14H23ClN4. The van der Waals surface area contributed by atoms with Gasteiger partial charge in [-0.2, -0.15) is 0 Å². The van der Waals surface area contributed by atoms with Crippen molar-refractivity contribution in [3.05, 3.63) is 34.9 Å². The van der Waals surface area contributed by atoms with E-state index in [-0.39, 0.29) is 6.04 Å². The van der Waals surface area contributed by atoms with Crippen LogP contribution in [0.1, 0.15) is 5.56 Å². The van der Waals surface area contributed by atoms with Crippen LogP contribution in [0.25, 0.3) is 0 Å². The van der Waals surface area contributed by atoms with Crippen molar-refractivity contribution in [2.24, 2.45) is 5.84 Å². The first-order chi connectivity index (χ1) is 9.10. The fraction of sp³-hybridized carbons (Fsp3) is 0.571. The Morgan fingerprint density at radius 1 is 1.42 bits per heavy atom. The second-order valence-corrected chi connectivity index (χ2v) is 5.85. The number of rotatable bonds is 4. The van der Waals surface area contributed by atoms with E-state index in [9.17, 15) is 0 Å². The third kappa shape index (κ3) is 3.91. The third-order valence-electron chi connectivity index (χ3n) is 3.92. The molecule has 0 aliphatic carbocycles. The van der Waals surface area contributed by atoms with E-state index in [4.69, 9.17) is 17.4 Å². The number of nitrogens with one attached hydrogen (secondary N) is 1. The number of benzene rings is 1. The molecule has 3 N–H and O–H groups in total. The number of halogens is 1. The van der Waals surface area contributed by atoms with Gasteiger partial charge in [-0.1, -0.05) is 23.7 Å². The molecule has 1 aliphatic heterocycles. The van der Waals surface area contributed by atoms with Crippen LogP contribution in [0.5, 0.6) is 0 Å². The van der Waals surface area contributed by atoms with Gasteiger partial charge in [-0.15, -0.1) is 0 Å². The maximum absolute atomic E-state index is 6.04. The molecule has 1 saturated heterocycles. The van der Waals surface area contributed by atoms with Crippen molar-refractivity contribution in [3.63, 3.8) is 0 Å². The molecule has 1 heterocycles. The monoisotopic (exact) mass is 282 g/mol. The molecule has 4 nitrogen and oxygen atoms in total. The molecule has 0 saturated carbocycles. The molecule has 2 rings (SSSR count). The van der Waals surface area contributed by atoms with E-state index in [1.54, 1.807) is 0 Å². The van der Waals surface area contributed by atoms with E-state index < -0.39 is 0 Å². The minimum absolute atomic E-state index is 0.228. The minimum atomic E-state index is 0.228. The predicted octanol–water partition coefficient (Wildman–Crippen LogP) is 0.960. The van der Waals surface area contributed by atoms with E-state index in [1.807, 2.05) is 18.2 Å². The molecule has 1 aliphatic rings. The van der Waals surface area contributed by atoms with Crippen molar-refractivity contribution in [1.82, 2.24) is 15.2 Å². The van der Waals surface area contributed by atoms with E-state index in [0.29, 0.717) is 6.04 Å². The number of nitrogens with two attached hydrogens (primary N) is 1. The van der Waals surface area contributed by atoms with Crippen molar-refractivity contribution in [1.29, 1.82) is 0 Å². The van der Waals surface area contributed by atoms with E-state index in [2.05, 4.69) is 35.4 Å². The summed E-state index contributed by atoms with van der Waals surface area (Å²) >= 11 is 6.04. The van der Waals surface area contributed by atoms with Crippen LogP contribution in [0.15, 0.2) is 24.3 Å². The molecule has 0 bridgehead atoms. The van der Waals surface area contributed by atoms with Crippen LogP contribution >= 0.6 is 11.6 Å². The fourth-order valence-electron chi connectivity index (χ4n) is 2.70. The van der Waals surface area contributed by atoms with E-state index in [1.165, 1.54) is 5.56 Å². The Balaban J connectivity index is 2.06. The van der Waals surface area contributed by atoms with Crippen LogP contribution in [-0.4, -0.2) is 55.6 Å². The highest BCUT2D eigenvalue weighted by Gasteiger charge is 2.29. The lowest BCUT2D eigenvalue weighted by atomic mass is 9.97. The zero-order chi connectivity index (χ0) is 13.8. The van der Waals surface area contributed by atoms with Gasteiger partial charge in [0, 0.05) is 36.7 Å². The summed E-state index contributed by atoms with van der Waals surface area (Å²) in [6.07, 6.45) is 0.889.